The van der Waals surface area contributed by atoms with Gasteiger partial charge in [0.25, 0.3) is 5.91 Å². The molecule has 1 unspecified atom stereocenters. The third-order valence-corrected chi connectivity index (χ3v) is 4.12. The number of benzene rings is 1. The monoisotopic (exact) mass is 528 g/mol. The largest absolute Gasteiger partial charge is 0.505 e. The van der Waals surface area contributed by atoms with E-state index in [4.69, 9.17) is 25.1 Å². The Bertz CT molecular complexity index is 1020. The number of amides is 1. The van der Waals surface area contributed by atoms with Crippen LogP contribution in [-0.2, 0) is 19.1 Å². The number of carbonyl (C=O) groups excluding carboxylic acids is 3. The zero-order valence-corrected chi connectivity index (χ0v) is 21.7. The second kappa shape index (κ2) is 17.5. The number of rotatable bonds is 9. The Kier molecular flexibility index (Phi) is 15.6. The van der Waals surface area contributed by atoms with Crippen LogP contribution in [0.1, 0.15) is 57.9 Å². The van der Waals surface area contributed by atoms with Crippen molar-refractivity contribution in [1.29, 1.82) is 0 Å². The highest BCUT2D eigenvalue weighted by atomic mass is 19.1. The van der Waals surface area contributed by atoms with E-state index >= 15 is 0 Å². The van der Waals surface area contributed by atoms with E-state index in [9.17, 15) is 23.2 Å². The van der Waals surface area contributed by atoms with Crippen LogP contribution < -0.4 is 15.2 Å². The minimum absolute atomic E-state index is 0.0451. The number of aromatic nitrogens is 1. The highest BCUT2D eigenvalue weighted by Gasteiger charge is 2.16. The van der Waals surface area contributed by atoms with Crippen molar-refractivity contribution in [2.75, 3.05) is 13.9 Å². The number of esters is 2. The van der Waals surface area contributed by atoms with Crippen LogP contribution in [0.4, 0.5) is 8.78 Å². The number of carbonyl (C=O) groups is 3. The van der Waals surface area contributed by atoms with Crippen molar-refractivity contribution in [2.45, 2.75) is 53.6 Å². The summed E-state index contributed by atoms with van der Waals surface area (Å²) in [6.07, 6.45) is 2.86. The number of ether oxygens (including phenoxy) is 4. The van der Waals surface area contributed by atoms with Crippen LogP contribution in [0.2, 0.25) is 0 Å². The van der Waals surface area contributed by atoms with E-state index in [1.807, 2.05) is 13.8 Å². The molecule has 10 nitrogen and oxygen atoms in total. The van der Waals surface area contributed by atoms with E-state index in [2.05, 4.69) is 23.6 Å². The van der Waals surface area contributed by atoms with Gasteiger partial charge in [-0.3, -0.25) is 14.4 Å². The molecule has 1 aromatic carbocycles. The summed E-state index contributed by atoms with van der Waals surface area (Å²) < 4.78 is 43.8. The summed E-state index contributed by atoms with van der Waals surface area (Å²) >= 11 is 0. The first kappa shape index (κ1) is 33.0. The molecule has 2 aromatic rings. The van der Waals surface area contributed by atoms with Crippen LogP contribution in [0.5, 0.6) is 17.2 Å². The maximum atomic E-state index is 12.1. The summed E-state index contributed by atoms with van der Waals surface area (Å²) in [5.41, 5.74) is 5.04. The maximum absolute atomic E-state index is 12.1. The first-order valence-corrected chi connectivity index (χ1v) is 11.2. The van der Waals surface area contributed by atoms with E-state index in [0.29, 0.717) is 12.3 Å². The summed E-state index contributed by atoms with van der Waals surface area (Å²) in [6.45, 7) is 8.88. The van der Waals surface area contributed by atoms with E-state index < -0.39 is 29.3 Å². The predicted molar refractivity (Wildman–Crippen MR) is 130 cm³/mol. The molecule has 0 saturated carbocycles. The molecule has 12 heteroatoms. The molecule has 37 heavy (non-hydrogen) atoms. The number of hydrogen-bond donors (Lipinski definition) is 2. The van der Waals surface area contributed by atoms with Crippen molar-refractivity contribution in [1.82, 2.24) is 4.98 Å². The molecule has 0 radical (unpaired) electrons. The normalized spacial score (nSPS) is 10.6. The van der Waals surface area contributed by atoms with Gasteiger partial charge in [0, 0.05) is 31.7 Å². The third-order valence-electron chi connectivity index (χ3n) is 4.12. The summed E-state index contributed by atoms with van der Waals surface area (Å²) in [7, 11) is 1.40. The van der Waals surface area contributed by atoms with E-state index in [1.54, 1.807) is 0 Å². The lowest BCUT2D eigenvalue weighted by atomic mass is 10.1. The molecule has 0 spiro atoms. The molecule has 1 aromatic heterocycles. The fourth-order valence-electron chi connectivity index (χ4n) is 2.58. The molecule has 1 atom stereocenters. The molecule has 3 N–H and O–H groups in total. The van der Waals surface area contributed by atoms with Crippen LogP contribution >= 0.6 is 0 Å². The van der Waals surface area contributed by atoms with Crippen LogP contribution in [-0.4, -0.2) is 47.9 Å². The van der Waals surface area contributed by atoms with Crippen molar-refractivity contribution < 1.29 is 47.2 Å². The molecule has 1 amide bonds. The number of pyridine rings is 1. The molecule has 0 saturated heterocycles. The van der Waals surface area contributed by atoms with E-state index in [1.165, 1.54) is 26.3 Å². The average molecular weight is 529 g/mol. The van der Waals surface area contributed by atoms with E-state index in [0.717, 1.165) is 24.6 Å². The summed E-state index contributed by atoms with van der Waals surface area (Å²) in [6, 6.07) is 4.02. The molecular weight excluding hydrogens is 494 g/mol. The van der Waals surface area contributed by atoms with Gasteiger partial charge >= 0.3 is 11.9 Å². The smallest absolute Gasteiger partial charge is 0.305 e. The van der Waals surface area contributed by atoms with Crippen molar-refractivity contribution in [3.8, 4) is 17.2 Å². The number of methoxy groups -OCH3 is 1. The summed E-state index contributed by atoms with van der Waals surface area (Å²) in [5.74, 6) is -2.56. The van der Waals surface area contributed by atoms with Gasteiger partial charge in [-0.2, -0.15) is 0 Å². The minimum Gasteiger partial charge on any atom is -0.505 e. The number of halogens is 2. The number of primary amides is 1. The quantitative estimate of drug-likeness (QED) is 0.362. The fraction of sp³-hybridized carbons (Fsp3) is 0.440. The van der Waals surface area contributed by atoms with Crippen LogP contribution in [0.15, 0.2) is 30.5 Å². The Labute approximate surface area is 214 Å². The summed E-state index contributed by atoms with van der Waals surface area (Å²) in [4.78, 5) is 36.2. The van der Waals surface area contributed by atoms with Crippen molar-refractivity contribution in [3.63, 3.8) is 0 Å². The second-order valence-electron chi connectivity index (χ2n) is 7.83. The second-order valence-corrected chi connectivity index (χ2v) is 7.83. The van der Waals surface area contributed by atoms with Gasteiger partial charge in [0.15, 0.2) is 28.8 Å². The number of nitrogens with zero attached hydrogens (tertiary/aromatic N) is 1. The zero-order valence-electron chi connectivity index (χ0n) is 21.7. The van der Waals surface area contributed by atoms with Gasteiger partial charge < -0.3 is 29.8 Å². The Morgan fingerprint density at radius 1 is 1.14 bits per heavy atom. The summed E-state index contributed by atoms with van der Waals surface area (Å²) in [5, 5.41) is 8.49. The molecular formula is C25H34F2N2O8. The van der Waals surface area contributed by atoms with Gasteiger partial charge in [0.05, 0.1) is 13.2 Å². The van der Waals surface area contributed by atoms with Crippen molar-refractivity contribution in [2.24, 2.45) is 11.7 Å². The first-order valence-electron chi connectivity index (χ1n) is 11.2. The SMILES string of the molecule is CCC(=O)OC(C)CC(C)C.COc1ccnc(C(N)=O)c1OCOC(C)=O.Oc1cc(F)ccc1F. The van der Waals surface area contributed by atoms with Gasteiger partial charge in [-0.15, -0.1) is 0 Å². The van der Waals surface area contributed by atoms with Crippen LogP contribution in [0.25, 0.3) is 0 Å². The minimum atomic E-state index is -0.809. The average Bonchev–Trinajstić information content (AvgIpc) is 2.81. The molecule has 0 fully saturated rings. The Morgan fingerprint density at radius 2 is 1.78 bits per heavy atom. The lowest BCUT2D eigenvalue weighted by Crippen LogP contribution is -2.17. The Morgan fingerprint density at radius 3 is 2.24 bits per heavy atom. The van der Waals surface area contributed by atoms with Crippen LogP contribution in [0, 0.1) is 17.6 Å². The number of aromatic hydroxyl groups is 1. The molecule has 0 aliphatic rings. The first-order chi connectivity index (χ1) is 17.3. The number of hydrogen-bond acceptors (Lipinski definition) is 9. The number of nitrogens with two attached hydrogens (primary N) is 1. The van der Waals surface area contributed by atoms with Gasteiger partial charge in [0.2, 0.25) is 6.79 Å². The van der Waals surface area contributed by atoms with Gasteiger partial charge in [-0.05, 0) is 31.4 Å². The zero-order chi connectivity index (χ0) is 28.5. The molecule has 206 valence electrons. The van der Waals surface area contributed by atoms with Gasteiger partial charge in [-0.25, -0.2) is 13.8 Å². The number of phenols is 1. The maximum Gasteiger partial charge on any atom is 0.305 e. The highest BCUT2D eigenvalue weighted by molar-refractivity contribution is 5.94. The van der Waals surface area contributed by atoms with Crippen molar-refractivity contribution in [3.05, 3.63) is 47.8 Å². The molecule has 1 heterocycles. The molecule has 0 aliphatic heterocycles. The lowest BCUT2D eigenvalue weighted by Gasteiger charge is -2.14. The lowest BCUT2D eigenvalue weighted by molar-refractivity contribution is -0.149. The molecule has 0 bridgehead atoms. The van der Waals surface area contributed by atoms with Gasteiger partial charge in [0.1, 0.15) is 5.82 Å². The van der Waals surface area contributed by atoms with E-state index in [-0.39, 0.29) is 36.1 Å². The van der Waals surface area contributed by atoms with Gasteiger partial charge in [-0.1, -0.05) is 20.8 Å². The fourth-order valence-corrected chi connectivity index (χ4v) is 2.58. The standard InChI is InChI=1S/C10H12N2O5.C9H18O2.C6H4F2O/c1-6(13)16-5-17-9-7(15-2)3-4-12-8(9)10(11)14;1-5-9(10)11-8(4)6-7(2)3;7-4-1-2-5(8)6(9)3-4/h3-4H,5H2,1-2H3,(H2,11,14);7-8H,5-6H2,1-4H3;1-3,9H. The van der Waals surface area contributed by atoms with Crippen molar-refractivity contribution >= 4 is 17.8 Å². The third kappa shape index (κ3) is 14.3. The molecule has 0 aliphatic carbocycles. The highest BCUT2D eigenvalue weighted by Crippen LogP contribution is 2.29. The molecule has 2 rings (SSSR count). The Hall–Kier alpha value is -3.96. The predicted octanol–water partition coefficient (Wildman–Crippen LogP) is 4.13. The number of phenolic OH excluding ortho intramolecular Hbond substituents is 1. The van der Waals surface area contributed by atoms with Crippen LogP contribution in [0.3, 0.4) is 0 Å². The Balaban J connectivity index is 0.000000560. The topological polar surface area (TPSA) is 147 Å².